The summed E-state index contributed by atoms with van der Waals surface area (Å²) in [7, 11) is 0. The SMILES string of the molecule is CSc1ccc(-c2ccc3n(c2=O)C[C@@H]2C[C@@H]3CN(C(=O)COCC(=O)O)C2)cc1. The summed E-state index contributed by atoms with van der Waals surface area (Å²) in [6, 6.07) is 11.9. The number of carbonyl (C=O) groups excluding carboxylic acids is 1. The summed E-state index contributed by atoms with van der Waals surface area (Å²) >= 11 is 1.67. The highest BCUT2D eigenvalue weighted by Gasteiger charge is 2.36. The molecule has 8 heteroatoms. The number of pyridine rings is 1. The fraction of sp³-hybridized carbons (Fsp3) is 0.409. The fourth-order valence-corrected chi connectivity index (χ4v) is 4.86. The van der Waals surface area contributed by atoms with Crippen LogP contribution in [0.2, 0.25) is 0 Å². The van der Waals surface area contributed by atoms with Crippen molar-refractivity contribution in [1.29, 1.82) is 0 Å². The molecule has 158 valence electrons. The molecular weight excluding hydrogens is 404 g/mol. The molecule has 2 aliphatic heterocycles. The number of rotatable bonds is 6. The third kappa shape index (κ3) is 4.15. The van der Waals surface area contributed by atoms with Gasteiger partial charge in [0.25, 0.3) is 5.56 Å². The van der Waals surface area contributed by atoms with E-state index in [1.807, 2.05) is 47.2 Å². The highest BCUT2D eigenvalue weighted by atomic mass is 32.2. The first-order valence-electron chi connectivity index (χ1n) is 9.91. The number of aliphatic carboxylic acids is 1. The second kappa shape index (κ2) is 8.65. The van der Waals surface area contributed by atoms with Gasteiger partial charge in [-0.05, 0) is 48.4 Å². The van der Waals surface area contributed by atoms with E-state index >= 15 is 0 Å². The molecule has 2 aromatic rings. The van der Waals surface area contributed by atoms with Gasteiger partial charge in [0.05, 0.1) is 0 Å². The first kappa shape index (κ1) is 20.7. The number of benzene rings is 1. The zero-order valence-corrected chi connectivity index (χ0v) is 17.6. The molecule has 0 spiro atoms. The number of fused-ring (bicyclic) bond motifs is 4. The normalized spacial score (nSPS) is 20.0. The standard InChI is InChI=1S/C22H24N2O5S/c1-30-17-4-2-15(3-5-17)18-6-7-19-16-8-14(10-24(19)22(18)28)9-23(11-16)20(25)12-29-13-21(26)27/h2-7,14,16H,8-13H2,1H3,(H,26,27)/t14-,16-/m1/s1. The molecule has 1 aromatic heterocycles. The van der Waals surface area contributed by atoms with E-state index in [9.17, 15) is 14.4 Å². The Kier molecular flexibility index (Phi) is 5.97. The minimum atomic E-state index is -1.09. The maximum Gasteiger partial charge on any atom is 0.329 e. The van der Waals surface area contributed by atoms with Crippen molar-refractivity contribution in [3.8, 4) is 11.1 Å². The van der Waals surface area contributed by atoms with Crippen LogP contribution in [0, 0.1) is 5.92 Å². The van der Waals surface area contributed by atoms with Gasteiger partial charge in [0.15, 0.2) is 0 Å². The molecule has 0 unspecified atom stereocenters. The first-order chi connectivity index (χ1) is 14.5. The Hall–Kier alpha value is -2.58. The summed E-state index contributed by atoms with van der Waals surface area (Å²) in [4.78, 5) is 39.1. The van der Waals surface area contributed by atoms with Crippen LogP contribution >= 0.6 is 11.8 Å². The van der Waals surface area contributed by atoms with Crippen molar-refractivity contribution in [3.63, 3.8) is 0 Å². The van der Waals surface area contributed by atoms with Crippen molar-refractivity contribution >= 4 is 23.6 Å². The number of ether oxygens (including phenoxy) is 1. The van der Waals surface area contributed by atoms with Gasteiger partial charge in [-0.3, -0.25) is 9.59 Å². The van der Waals surface area contributed by atoms with Crippen LogP contribution in [0.15, 0.2) is 46.1 Å². The second-order valence-corrected chi connectivity index (χ2v) is 8.68. The third-order valence-electron chi connectivity index (χ3n) is 5.81. The number of carboxylic acid groups (broad SMARTS) is 1. The maximum atomic E-state index is 13.2. The summed E-state index contributed by atoms with van der Waals surface area (Å²) in [5.41, 5.74) is 2.59. The molecule has 2 bridgehead atoms. The summed E-state index contributed by atoms with van der Waals surface area (Å²) in [6.07, 6.45) is 2.97. The number of carboxylic acids is 1. The van der Waals surface area contributed by atoms with Crippen molar-refractivity contribution < 1.29 is 19.4 Å². The zero-order valence-electron chi connectivity index (χ0n) is 16.7. The smallest absolute Gasteiger partial charge is 0.329 e. The molecule has 0 radical (unpaired) electrons. The lowest BCUT2D eigenvalue weighted by Gasteiger charge is -2.42. The largest absolute Gasteiger partial charge is 0.480 e. The number of amides is 1. The van der Waals surface area contributed by atoms with Gasteiger partial charge < -0.3 is 19.3 Å². The van der Waals surface area contributed by atoms with Crippen molar-refractivity contribution in [2.75, 3.05) is 32.6 Å². The van der Waals surface area contributed by atoms with Crippen LogP contribution in [0.5, 0.6) is 0 Å². The topological polar surface area (TPSA) is 88.8 Å². The fourth-order valence-electron chi connectivity index (χ4n) is 4.46. The quantitative estimate of drug-likeness (QED) is 0.710. The Bertz CT molecular complexity index is 1020. The lowest BCUT2D eigenvalue weighted by molar-refractivity contribution is -0.146. The molecule has 2 aliphatic rings. The molecular formula is C22H24N2O5S. The van der Waals surface area contributed by atoms with Gasteiger partial charge in [-0.2, -0.15) is 0 Å². The molecule has 0 aliphatic carbocycles. The van der Waals surface area contributed by atoms with Crippen molar-refractivity contribution in [2.45, 2.75) is 23.8 Å². The van der Waals surface area contributed by atoms with E-state index in [0.29, 0.717) is 25.2 Å². The van der Waals surface area contributed by atoms with E-state index in [0.717, 1.165) is 22.6 Å². The number of likely N-dealkylation sites (tertiary alicyclic amines) is 1. The molecule has 3 heterocycles. The molecule has 1 saturated heterocycles. The third-order valence-corrected chi connectivity index (χ3v) is 6.55. The average Bonchev–Trinajstić information content (AvgIpc) is 2.74. The van der Waals surface area contributed by atoms with Crippen LogP contribution in [0.1, 0.15) is 18.0 Å². The van der Waals surface area contributed by atoms with Crippen molar-refractivity contribution in [3.05, 3.63) is 52.4 Å². The molecule has 2 atom stereocenters. The second-order valence-electron chi connectivity index (χ2n) is 7.80. The number of carbonyl (C=O) groups is 2. The average molecular weight is 429 g/mol. The Morgan fingerprint density at radius 2 is 1.87 bits per heavy atom. The first-order valence-corrected chi connectivity index (χ1v) is 11.1. The van der Waals surface area contributed by atoms with E-state index < -0.39 is 12.6 Å². The van der Waals surface area contributed by atoms with Gasteiger partial charge in [-0.1, -0.05) is 12.1 Å². The van der Waals surface area contributed by atoms with E-state index in [-0.39, 0.29) is 29.9 Å². The van der Waals surface area contributed by atoms with Gasteiger partial charge in [-0.15, -0.1) is 11.8 Å². The Morgan fingerprint density at radius 1 is 1.10 bits per heavy atom. The van der Waals surface area contributed by atoms with E-state index in [1.165, 1.54) is 0 Å². The van der Waals surface area contributed by atoms with Crippen LogP contribution in [0.3, 0.4) is 0 Å². The highest BCUT2D eigenvalue weighted by molar-refractivity contribution is 7.98. The number of hydrogen-bond donors (Lipinski definition) is 1. The maximum absolute atomic E-state index is 13.2. The van der Waals surface area contributed by atoms with E-state index in [2.05, 4.69) is 0 Å². The summed E-state index contributed by atoms with van der Waals surface area (Å²) in [5.74, 6) is -0.995. The van der Waals surface area contributed by atoms with Crippen LogP contribution in [0.25, 0.3) is 11.1 Å². The molecule has 30 heavy (non-hydrogen) atoms. The van der Waals surface area contributed by atoms with Crippen molar-refractivity contribution in [2.24, 2.45) is 5.92 Å². The lowest BCUT2D eigenvalue weighted by atomic mass is 9.82. The molecule has 1 amide bonds. The zero-order chi connectivity index (χ0) is 21.3. The predicted octanol–water partition coefficient (Wildman–Crippen LogP) is 2.28. The Labute approximate surface area is 178 Å². The molecule has 1 aromatic carbocycles. The van der Waals surface area contributed by atoms with Gasteiger partial charge in [-0.25, -0.2) is 4.79 Å². The van der Waals surface area contributed by atoms with Crippen LogP contribution in [0.4, 0.5) is 0 Å². The van der Waals surface area contributed by atoms with Gasteiger partial charge in [0, 0.05) is 41.7 Å². The van der Waals surface area contributed by atoms with Gasteiger partial charge >= 0.3 is 5.97 Å². The molecule has 0 saturated carbocycles. The van der Waals surface area contributed by atoms with E-state index in [1.54, 1.807) is 16.7 Å². The number of hydrogen-bond acceptors (Lipinski definition) is 5. The van der Waals surface area contributed by atoms with Crippen LogP contribution in [-0.4, -0.2) is 59.0 Å². The number of thioether (sulfide) groups is 1. The lowest BCUT2D eigenvalue weighted by Crippen LogP contribution is -2.50. The minimum Gasteiger partial charge on any atom is -0.480 e. The molecule has 4 rings (SSSR count). The van der Waals surface area contributed by atoms with Gasteiger partial charge in [0.1, 0.15) is 13.2 Å². The summed E-state index contributed by atoms with van der Waals surface area (Å²) in [5, 5.41) is 8.65. The van der Waals surface area contributed by atoms with Crippen molar-refractivity contribution in [1.82, 2.24) is 9.47 Å². The predicted molar refractivity (Wildman–Crippen MR) is 114 cm³/mol. The molecule has 7 nitrogen and oxygen atoms in total. The summed E-state index contributed by atoms with van der Waals surface area (Å²) < 4.78 is 6.83. The molecule has 1 N–H and O–H groups in total. The number of nitrogens with zero attached hydrogens (tertiary/aromatic N) is 2. The Morgan fingerprint density at radius 3 is 2.57 bits per heavy atom. The monoisotopic (exact) mass is 428 g/mol. The molecule has 1 fully saturated rings. The van der Waals surface area contributed by atoms with E-state index in [4.69, 9.17) is 9.84 Å². The Balaban J connectivity index is 1.54. The van der Waals surface area contributed by atoms with Crippen LogP contribution < -0.4 is 5.56 Å². The number of piperidine rings is 1. The summed E-state index contributed by atoms with van der Waals surface area (Å²) in [6.45, 7) is 0.952. The van der Waals surface area contributed by atoms with Gasteiger partial charge in [0.2, 0.25) is 5.91 Å². The number of aromatic nitrogens is 1. The van der Waals surface area contributed by atoms with Crippen LogP contribution in [-0.2, 0) is 20.9 Å². The highest BCUT2D eigenvalue weighted by Crippen LogP contribution is 2.36. The minimum absolute atomic E-state index is 0.0173.